The van der Waals surface area contributed by atoms with Crippen LogP contribution in [0.3, 0.4) is 0 Å². The first-order valence-corrected chi connectivity index (χ1v) is 10.5. The van der Waals surface area contributed by atoms with E-state index in [1.165, 1.54) is 12.6 Å². The van der Waals surface area contributed by atoms with Crippen LogP contribution in [-0.2, 0) is 4.79 Å². The predicted octanol–water partition coefficient (Wildman–Crippen LogP) is 1.72. The van der Waals surface area contributed by atoms with Gasteiger partial charge in [0.05, 0.1) is 31.6 Å². The third kappa shape index (κ3) is 3.49. The summed E-state index contributed by atoms with van der Waals surface area (Å²) >= 11 is 0. The average Bonchev–Trinajstić information content (AvgIpc) is 3.00. The van der Waals surface area contributed by atoms with Crippen molar-refractivity contribution in [3.8, 4) is 6.07 Å². The van der Waals surface area contributed by atoms with Gasteiger partial charge in [-0.15, -0.1) is 5.10 Å². The lowest BCUT2D eigenvalue weighted by Gasteiger charge is -2.62. The number of likely N-dealkylation sites (tertiary alicyclic amines) is 1. The third-order valence-corrected chi connectivity index (χ3v) is 7.27. The van der Waals surface area contributed by atoms with Gasteiger partial charge >= 0.3 is 0 Å². The molecule has 160 valence electrons. The lowest BCUT2D eigenvalue weighted by Crippen LogP contribution is -2.67. The fourth-order valence-electron chi connectivity index (χ4n) is 6.72. The van der Waals surface area contributed by atoms with E-state index >= 15 is 0 Å². The number of halogens is 2. The second-order valence-corrected chi connectivity index (χ2v) is 9.69. The molecule has 5 aliphatic rings. The Morgan fingerprint density at radius 1 is 1.20 bits per heavy atom. The van der Waals surface area contributed by atoms with Gasteiger partial charge in [-0.3, -0.25) is 4.79 Å². The molecule has 8 nitrogen and oxygen atoms in total. The summed E-state index contributed by atoms with van der Waals surface area (Å²) in [5, 5.41) is 24.1. The smallest absolute Gasteiger partial charge is 0.268 e. The van der Waals surface area contributed by atoms with E-state index in [4.69, 9.17) is 5.26 Å². The summed E-state index contributed by atoms with van der Waals surface area (Å²) in [6, 6.07) is 0.791. The van der Waals surface area contributed by atoms with Crippen LogP contribution in [0.1, 0.15) is 44.9 Å². The van der Waals surface area contributed by atoms with E-state index in [-0.39, 0.29) is 17.6 Å². The molecule has 4 saturated carbocycles. The highest BCUT2D eigenvalue weighted by Crippen LogP contribution is 2.58. The molecule has 4 bridgehead atoms. The monoisotopic (exact) mass is 417 g/mol. The van der Waals surface area contributed by atoms with Crippen LogP contribution in [-0.4, -0.2) is 62.1 Å². The maximum absolute atomic E-state index is 13.7. The zero-order valence-electron chi connectivity index (χ0n) is 16.7. The Kier molecular flexibility index (Phi) is 4.43. The average molecular weight is 417 g/mol. The topological polar surface area (TPSA) is 107 Å². The van der Waals surface area contributed by atoms with Crippen molar-refractivity contribution in [1.82, 2.24) is 25.4 Å². The number of amides is 1. The fourth-order valence-corrected chi connectivity index (χ4v) is 6.72. The van der Waals surface area contributed by atoms with Gasteiger partial charge in [0.2, 0.25) is 11.9 Å². The summed E-state index contributed by atoms with van der Waals surface area (Å²) < 4.78 is 27.4. The zero-order valence-corrected chi connectivity index (χ0v) is 16.7. The van der Waals surface area contributed by atoms with E-state index in [9.17, 15) is 13.6 Å². The Morgan fingerprint density at radius 3 is 2.60 bits per heavy atom. The molecule has 1 saturated heterocycles. The minimum absolute atomic E-state index is 0.0207. The predicted molar refractivity (Wildman–Crippen MR) is 102 cm³/mol. The van der Waals surface area contributed by atoms with Crippen molar-refractivity contribution in [3.63, 3.8) is 0 Å². The number of nitrogens with one attached hydrogen (secondary N) is 2. The Morgan fingerprint density at radius 2 is 1.93 bits per heavy atom. The van der Waals surface area contributed by atoms with Crippen LogP contribution < -0.4 is 10.6 Å². The first-order chi connectivity index (χ1) is 14.3. The highest BCUT2D eigenvalue weighted by atomic mass is 19.3. The van der Waals surface area contributed by atoms with Gasteiger partial charge in [0, 0.05) is 17.5 Å². The third-order valence-electron chi connectivity index (χ3n) is 7.27. The number of carbonyl (C=O) groups excluding carboxylic acids is 1. The van der Waals surface area contributed by atoms with Gasteiger partial charge in [0.25, 0.3) is 5.92 Å². The molecule has 2 heterocycles. The number of aromatic nitrogens is 3. The number of nitrogens with zero attached hydrogens (tertiary/aromatic N) is 5. The van der Waals surface area contributed by atoms with Crippen LogP contribution in [0.25, 0.3) is 0 Å². The quantitative estimate of drug-likeness (QED) is 0.751. The van der Waals surface area contributed by atoms with Crippen molar-refractivity contribution in [3.05, 3.63) is 12.4 Å². The molecule has 0 radical (unpaired) electrons. The summed E-state index contributed by atoms with van der Waals surface area (Å²) in [5.74, 6) is -1.81. The van der Waals surface area contributed by atoms with E-state index in [1.807, 2.05) is 6.07 Å². The first kappa shape index (κ1) is 19.5. The molecule has 0 spiro atoms. The standard InChI is InChI=1S/C20H25F2N7O/c21-20(22)8-15(9-23)29(12-20)16(30)10-25-18-4-13-3-14(5-18)7-19(6-13,11-18)27-17-24-1-2-26-28-17/h1-2,13-15,25H,3-8,10-12H2,(H,24,27,28)/t13?,14?,15-,18?,19?/m0/s1. The molecular weight excluding hydrogens is 392 g/mol. The van der Waals surface area contributed by atoms with E-state index in [0.29, 0.717) is 17.8 Å². The molecule has 1 aliphatic heterocycles. The first-order valence-electron chi connectivity index (χ1n) is 10.5. The highest BCUT2D eigenvalue weighted by Gasteiger charge is 2.58. The van der Waals surface area contributed by atoms with E-state index in [0.717, 1.165) is 37.0 Å². The summed E-state index contributed by atoms with van der Waals surface area (Å²) in [5.41, 5.74) is -0.349. The second kappa shape index (κ2) is 6.80. The molecule has 2 N–H and O–H groups in total. The van der Waals surface area contributed by atoms with Crippen LogP contribution in [0.5, 0.6) is 0 Å². The molecule has 4 aliphatic carbocycles. The number of nitriles is 1. The van der Waals surface area contributed by atoms with Crippen molar-refractivity contribution in [2.75, 3.05) is 18.4 Å². The molecule has 10 heteroatoms. The van der Waals surface area contributed by atoms with Crippen molar-refractivity contribution < 1.29 is 13.6 Å². The second-order valence-electron chi connectivity index (χ2n) is 9.69. The number of anilines is 1. The van der Waals surface area contributed by atoms with Crippen molar-refractivity contribution in [2.24, 2.45) is 11.8 Å². The lowest BCUT2D eigenvalue weighted by atomic mass is 9.50. The van der Waals surface area contributed by atoms with Gasteiger partial charge in [-0.05, 0) is 50.4 Å². The zero-order chi connectivity index (χ0) is 21.0. The molecule has 1 aromatic heterocycles. The number of hydrogen-bond donors (Lipinski definition) is 2. The van der Waals surface area contributed by atoms with Crippen molar-refractivity contribution in [2.45, 2.75) is 68.0 Å². The van der Waals surface area contributed by atoms with E-state index < -0.39 is 30.8 Å². The van der Waals surface area contributed by atoms with Crippen molar-refractivity contribution in [1.29, 1.82) is 5.26 Å². The van der Waals surface area contributed by atoms with Gasteiger partial charge < -0.3 is 15.5 Å². The van der Waals surface area contributed by atoms with Gasteiger partial charge in [0.1, 0.15) is 6.04 Å². The number of rotatable bonds is 5. The Labute approximate surface area is 173 Å². The Balaban J connectivity index is 1.29. The van der Waals surface area contributed by atoms with E-state index in [2.05, 4.69) is 25.8 Å². The maximum atomic E-state index is 13.7. The van der Waals surface area contributed by atoms with Gasteiger partial charge in [-0.2, -0.15) is 10.4 Å². The van der Waals surface area contributed by atoms with Gasteiger partial charge in [-0.1, -0.05) is 0 Å². The molecule has 5 fully saturated rings. The molecule has 30 heavy (non-hydrogen) atoms. The summed E-state index contributed by atoms with van der Waals surface area (Å²) in [4.78, 5) is 18.0. The largest absolute Gasteiger partial charge is 0.347 e. The van der Waals surface area contributed by atoms with Gasteiger partial charge in [-0.25, -0.2) is 13.8 Å². The molecular formula is C20H25F2N7O. The normalized spacial score (nSPS) is 38.4. The molecule has 0 aromatic carbocycles. The fraction of sp³-hybridized carbons (Fsp3) is 0.750. The Hall–Kier alpha value is -2.41. The summed E-state index contributed by atoms with van der Waals surface area (Å²) in [6.07, 6.45) is 8.61. The maximum Gasteiger partial charge on any atom is 0.268 e. The minimum Gasteiger partial charge on any atom is -0.347 e. The molecule has 1 aromatic rings. The van der Waals surface area contributed by atoms with Crippen LogP contribution in [0, 0.1) is 23.2 Å². The number of hydrogen-bond acceptors (Lipinski definition) is 7. The molecule has 1 amide bonds. The highest BCUT2D eigenvalue weighted by molar-refractivity contribution is 5.79. The molecule has 2 unspecified atom stereocenters. The summed E-state index contributed by atoms with van der Waals surface area (Å²) in [7, 11) is 0. The van der Waals surface area contributed by atoms with Gasteiger partial charge in [0.15, 0.2) is 0 Å². The van der Waals surface area contributed by atoms with Crippen LogP contribution in [0.4, 0.5) is 14.7 Å². The number of carbonyl (C=O) groups is 1. The minimum atomic E-state index is -2.99. The molecule has 6 rings (SSSR count). The van der Waals surface area contributed by atoms with Crippen LogP contribution >= 0.6 is 0 Å². The molecule has 3 atom stereocenters. The number of alkyl halides is 2. The summed E-state index contributed by atoms with van der Waals surface area (Å²) in [6.45, 7) is -0.693. The Bertz CT molecular complexity index is 860. The SMILES string of the molecule is N#C[C@@H]1CC(F)(F)CN1C(=O)CNC12CC3CC(C1)CC(Nc1nccnn1)(C3)C2. The van der Waals surface area contributed by atoms with Crippen LogP contribution in [0.15, 0.2) is 12.4 Å². The van der Waals surface area contributed by atoms with Crippen LogP contribution in [0.2, 0.25) is 0 Å². The van der Waals surface area contributed by atoms with Crippen molar-refractivity contribution >= 4 is 11.9 Å². The lowest BCUT2D eigenvalue weighted by molar-refractivity contribution is -0.132. The van der Waals surface area contributed by atoms with E-state index in [1.54, 1.807) is 6.20 Å².